The molecule has 0 atom stereocenters. The predicted octanol–water partition coefficient (Wildman–Crippen LogP) is 2.62. The van der Waals surface area contributed by atoms with Crippen molar-refractivity contribution in [3.8, 4) is 0 Å². The Labute approximate surface area is 75.4 Å². The van der Waals surface area contributed by atoms with Gasteiger partial charge in [0.1, 0.15) is 0 Å². The van der Waals surface area contributed by atoms with E-state index in [9.17, 15) is 0 Å². The van der Waals surface area contributed by atoms with Gasteiger partial charge in [0.25, 0.3) is 0 Å². The topological polar surface area (TPSA) is 25.8 Å². The summed E-state index contributed by atoms with van der Waals surface area (Å²) in [5.74, 6) is 0. The van der Waals surface area contributed by atoms with E-state index in [1.165, 1.54) is 27.4 Å². The number of aryl methyl sites for hydroxylation is 3. The summed E-state index contributed by atoms with van der Waals surface area (Å²) >= 11 is 1.52. The Morgan fingerprint density at radius 1 is 1.25 bits per heavy atom. The van der Waals surface area contributed by atoms with Crippen LogP contribution in [0.2, 0.25) is 0 Å². The second-order valence-electron chi connectivity index (χ2n) is 3.00. The zero-order valence-electron chi connectivity index (χ0n) is 7.38. The van der Waals surface area contributed by atoms with Crippen molar-refractivity contribution in [2.24, 2.45) is 0 Å². The standard InChI is InChI=1S/C9H10N2S/c1-5-4-8-7(3)12-11-9(8)10-6(5)2/h4H,1-3H3. The summed E-state index contributed by atoms with van der Waals surface area (Å²) < 4.78 is 4.25. The van der Waals surface area contributed by atoms with Crippen LogP contribution in [0.1, 0.15) is 16.1 Å². The van der Waals surface area contributed by atoms with Gasteiger partial charge in [-0.3, -0.25) is 0 Å². The maximum Gasteiger partial charge on any atom is 0.173 e. The lowest BCUT2D eigenvalue weighted by molar-refractivity contribution is 1.18. The first-order valence-electron chi connectivity index (χ1n) is 3.88. The Hall–Kier alpha value is -0.960. The molecule has 0 radical (unpaired) electrons. The quantitative estimate of drug-likeness (QED) is 0.619. The molecule has 2 heterocycles. The van der Waals surface area contributed by atoms with Crippen LogP contribution in [-0.2, 0) is 0 Å². The van der Waals surface area contributed by atoms with E-state index in [1.54, 1.807) is 0 Å². The summed E-state index contributed by atoms with van der Waals surface area (Å²) in [6, 6.07) is 2.16. The summed E-state index contributed by atoms with van der Waals surface area (Å²) in [6.07, 6.45) is 0. The molecule has 12 heavy (non-hydrogen) atoms. The molecule has 0 aliphatic rings. The van der Waals surface area contributed by atoms with Crippen LogP contribution in [0.25, 0.3) is 11.0 Å². The van der Waals surface area contributed by atoms with Gasteiger partial charge in [-0.15, -0.1) is 0 Å². The van der Waals surface area contributed by atoms with Crippen molar-refractivity contribution in [1.82, 2.24) is 9.36 Å². The highest BCUT2D eigenvalue weighted by atomic mass is 32.1. The first-order valence-corrected chi connectivity index (χ1v) is 4.66. The highest BCUT2D eigenvalue weighted by Crippen LogP contribution is 2.21. The van der Waals surface area contributed by atoms with Crippen molar-refractivity contribution in [3.63, 3.8) is 0 Å². The Morgan fingerprint density at radius 3 is 2.75 bits per heavy atom. The highest BCUT2D eigenvalue weighted by Gasteiger charge is 2.04. The summed E-state index contributed by atoms with van der Waals surface area (Å²) in [6.45, 7) is 6.18. The van der Waals surface area contributed by atoms with Crippen molar-refractivity contribution >= 4 is 22.6 Å². The van der Waals surface area contributed by atoms with E-state index in [2.05, 4.69) is 29.3 Å². The maximum atomic E-state index is 4.40. The van der Waals surface area contributed by atoms with Crippen molar-refractivity contribution in [3.05, 3.63) is 22.2 Å². The first kappa shape index (κ1) is 7.68. The Bertz CT molecular complexity index is 431. The van der Waals surface area contributed by atoms with E-state index in [4.69, 9.17) is 0 Å². The van der Waals surface area contributed by atoms with Crippen LogP contribution in [0.4, 0.5) is 0 Å². The molecule has 0 saturated heterocycles. The third-order valence-corrected chi connectivity index (χ3v) is 2.85. The monoisotopic (exact) mass is 178 g/mol. The van der Waals surface area contributed by atoms with Gasteiger partial charge in [0.2, 0.25) is 0 Å². The van der Waals surface area contributed by atoms with Crippen LogP contribution in [-0.4, -0.2) is 9.36 Å². The minimum absolute atomic E-state index is 0.889. The fourth-order valence-electron chi connectivity index (χ4n) is 1.18. The zero-order valence-corrected chi connectivity index (χ0v) is 8.20. The summed E-state index contributed by atoms with van der Waals surface area (Å²) in [5.41, 5.74) is 3.21. The third-order valence-electron chi connectivity index (χ3n) is 2.09. The molecule has 0 saturated carbocycles. The molecule has 0 fully saturated rings. The number of aromatic nitrogens is 2. The molecule has 2 rings (SSSR count). The van der Waals surface area contributed by atoms with E-state index in [0.29, 0.717) is 0 Å². The molecule has 0 bridgehead atoms. The number of rotatable bonds is 0. The third kappa shape index (κ3) is 1.01. The molecule has 2 aromatic rings. The van der Waals surface area contributed by atoms with Crippen LogP contribution in [0, 0.1) is 20.8 Å². The minimum Gasteiger partial charge on any atom is -0.232 e. The molecule has 2 nitrogen and oxygen atoms in total. The molecule has 0 aromatic carbocycles. The fraction of sp³-hybridized carbons (Fsp3) is 0.333. The average Bonchev–Trinajstić information content (AvgIpc) is 2.35. The second-order valence-corrected chi connectivity index (χ2v) is 3.98. The largest absolute Gasteiger partial charge is 0.232 e. The number of hydrogen-bond acceptors (Lipinski definition) is 3. The summed E-state index contributed by atoms with van der Waals surface area (Å²) in [7, 11) is 0. The second kappa shape index (κ2) is 2.52. The van der Waals surface area contributed by atoms with Crippen LogP contribution in [0.3, 0.4) is 0 Å². The van der Waals surface area contributed by atoms with E-state index in [0.717, 1.165) is 11.3 Å². The van der Waals surface area contributed by atoms with Crippen molar-refractivity contribution in [2.45, 2.75) is 20.8 Å². The highest BCUT2D eigenvalue weighted by molar-refractivity contribution is 7.07. The molecule has 3 heteroatoms. The molecular formula is C9H10N2S. The van der Waals surface area contributed by atoms with Crippen molar-refractivity contribution < 1.29 is 0 Å². The lowest BCUT2D eigenvalue weighted by Crippen LogP contribution is -1.86. The van der Waals surface area contributed by atoms with E-state index in [1.807, 2.05) is 6.92 Å². The van der Waals surface area contributed by atoms with Gasteiger partial charge >= 0.3 is 0 Å². The van der Waals surface area contributed by atoms with E-state index < -0.39 is 0 Å². The Balaban J connectivity index is 2.87. The van der Waals surface area contributed by atoms with Gasteiger partial charge in [-0.2, -0.15) is 4.37 Å². The Morgan fingerprint density at radius 2 is 2.00 bits per heavy atom. The van der Waals surface area contributed by atoms with Crippen LogP contribution in [0.15, 0.2) is 6.07 Å². The molecule has 0 spiro atoms. The van der Waals surface area contributed by atoms with Crippen LogP contribution in [0.5, 0.6) is 0 Å². The van der Waals surface area contributed by atoms with Crippen LogP contribution >= 0.6 is 11.5 Å². The smallest absolute Gasteiger partial charge is 0.173 e. The van der Waals surface area contributed by atoms with Crippen molar-refractivity contribution in [1.29, 1.82) is 0 Å². The Kier molecular flexibility index (Phi) is 1.61. The van der Waals surface area contributed by atoms with Gasteiger partial charge < -0.3 is 0 Å². The first-order chi connectivity index (χ1) is 5.68. The number of hydrogen-bond donors (Lipinski definition) is 0. The fourth-order valence-corrected chi connectivity index (χ4v) is 1.79. The van der Waals surface area contributed by atoms with Gasteiger partial charge in [0, 0.05) is 16.0 Å². The van der Waals surface area contributed by atoms with Crippen molar-refractivity contribution in [2.75, 3.05) is 0 Å². The molecule has 0 aliphatic carbocycles. The molecule has 0 unspecified atom stereocenters. The lowest BCUT2D eigenvalue weighted by atomic mass is 10.2. The number of nitrogens with zero attached hydrogens (tertiary/aromatic N) is 2. The van der Waals surface area contributed by atoms with E-state index >= 15 is 0 Å². The van der Waals surface area contributed by atoms with Gasteiger partial charge in [-0.05, 0) is 43.9 Å². The molecule has 0 N–H and O–H groups in total. The minimum atomic E-state index is 0.889. The van der Waals surface area contributed by atoms with E-state index in [-0.39, 0.29) is 0 Å². The summed E-state index contributed by atoms with van der Waals surface area (Å²) in [4.78, 5) is 5.65. The number of pyridine rings is 1. The number of fused-ring (bicyclic) bond motifs is 1. The van der Waals surface area contributed by atoms with Gasteiger partial charge in [-0.25, -0.2) is 4.98 Å². The van der Waals surface area contributed by atoms with Crippen LogP contribution < -0.4 is 0 Å². The molecule has 62 valence electrons. The molecular weight excluding hydrogens is 168 g/mol. The van der Waals surface area contributed by atoms with Gasteiger partial charge in [-0.1, -0.05) is 0 Å². The molecule has 2 aromatic heterocycles. The SMILES string of the molecule is Cc1cc2c(C)snc2nc1C. The van der Waals surface area contributed by atoms with Gasteiger partial charge in [0.15, 0.2) is 5.65 Å². The maximum absolute atomic E-state index is 4.40. The normalized spacial score (nSPS) is 10.9. The van der Waals surface area contributed by atoms with Gasteiger partial charge in [0.05, 0.1) is 0 Å². The average molecular weight is 178 g/mol. The molecule has 0 amide bonds. The lowest BCUT2D eigenvalue weighted by Gasteiger charge is -1.97. The zero-order chi connectivity index (χ0) is 8.72. The predicted molar refractivity (Wildman–Crippen MR) is 51.6 cm³/mol. The molecule has 0 aliphatic heterocycles. The summed E-state index contributed by atoms with van der Waals surface area (Å²) in [5, 5.41) is 1.20.